The summed E-state index contributed by atoms with van der Waals surface area (Å²) in [6.45, 7) is 0. The van der Waals surface area contributed by atoms with Crippen LogP contribution in [-0.2, 0) is 0 Å². The van der Waals surface area contributed by atoms with Crippen LogP contribution in [0.4, 0.5) is 11.4 Å². The van der Waals surface area contributed by atoms with E-state index in [1.54, 1.807) is 0 Å². The van der Waals surface area contributed by atoms with Crippen LogP contribution in [-0.4, -0.2) is 16.2 Å². The average molecular weight is 242 g/mol. The Morgan fingerprint density at radius 3 is 2.50 bits per heavy atom. The molecule has 0 aliphatic rings. The van der Waals surface area contributed by atoms with Gasteiger partial charge in [0.2, 0.25) is 0 Å². The summed E-state index contributed by atoms with van der Waals surface area (Å²) in [5.74, 6) is -0.163. The molecule has 0 bridgehead atoms. The Bertz CT molecular complexity index is 594. The molecule has 5 nitrogen and oxygen atoms in total. The Morgan fingerprint density at radius 2 is 1.89 bits per heavy atom. The third kappa shape index (κ3) is 2.70. The van der Waals surface area contributed by atoms with Gasteiger partial charge in [0, 0.05) is 17.8 Å². The van der Waals surface area contributed by atoms with Gasteiger partial charge in [-0.1, -0.05) is 18.2 Å². The van der Waals surface area contributed by atoms with Gasteiger partial charge in [-0.25, -0.2) is 0 Å². The molecule has 5 heteroatoms. The maximum Gasteiger partial charge on any atom is 0.273 e. The van der Waals surface area contributed by atoms with E-state index in [0.717, 1.165) is 11.8 Å². The van der Waals surface area contributed by atoms with Crippen LogP contribution in [0.15, 0.2) is 53.5 Å². The minimum atomic E-state index is -0.558. The monoisotopic (exact) mass is 242 g/mol. The molecule has 2 aromatic carbocycles. The molecule has 0 aliphatic heterocycles. The number of hydrogen-bond donors (Lipinski definition) is 1. The van der Waals surface area contributed by atoms with Gasteiger partial charge >= 0.3 is 0 Å². The van der Waals surface area contributed by atoms with E-state index in [4.69, 9.17) is 0 Å². The lowest BCUT2D eigenvalue weighted by atomic mass is 10.2. The Hall–Kier alpha value is -2.69. The zero-order valence-corrected chi connectivity index (χ0v) is 9.35. The molecule has 0 radical (unpaired) electrons. The van der Waals surface area contributed by atoms with Gasteiger partial charge in [0.05, 0.1) is 16.7 Å². The molecule has 0 atom stereocenters. The molecule has 0 heterocycles. The molecule has 0 saturated carbocycles. The van der Waals surface area contributed by atoms with Crippen molar-refractivity contribution in [1.29, 1.82) is 0 Å². The molecule has 0 amide bonds. The zero-order valence-electron chi connectivity index (χ0n) is 9.35. The van der Waals surface area contributed by atoms with Gasteiger partial charge < -0.3 is 5.11 Å². The molecule has 0 spiro atoms. The molecule has 2 aromatic rings. The lowest BCUT2D eigenvalue weighted by Crippen LogP contribution is -1.89. The van der Waals surface area contributed by atoms with Crippen molar-refractivity contribution in [2.75, 3.05) is 0 Å². The van der Waals surface area contributed by atoms with E-state index < -0.39 is 4.92 Å². The molecular formula is C13H10N2O3. The number of aromatic hydroxyl groups is 1. The van der Waals surface area contributed by atoms with Crippen LogP contribution in [0.3, 0.4) is 0 Å². The number of nitro benzene ring substituents is 1. The van der Waals surface area contributed by atoms with E-state index in [-0.39, 0.29) is 11.4 Å². The van der Waals surface area contributed by atoms with Crippen molar-refractivity contribution in [1.82, 2.24) is 0 Å². The highest BCUT2D eigenvalue weighted by atomic mass is 16.6. The summed E-state index contributed by atoms with van der Waals surface area (Å²) >= 11 is 0. The molecule has 0 aliphatic carbocycles. The van der Waals surface area contributed by atoms with Gasteiger partial charge in [0.1, 0.15) is 5.75 Å². The van der Waals surface area contributed by atoms with Crippen LogP contribution in [0.5, 0.6) is 5.75 Å². The third-order valence-corrected chi connectivity index (χ3v) is 2.33. The number of hydrogen-bond acceptors (Lipinski definition) is 4. The second kappa shape index (κ2) is 5.09. The standard InChI is InChI=1S/C13H10N2O3/c16-13-8-12(15(17)18)7-6-10(13)9-14-11-4-2-1-3-5-11/h1-9,16H. The fourth-order valence-corrected chi connectivity index (χ4v) is 1.41. The number of phenols is 1. The number of aliphatic imine (C=N–C) groups is 1. The molecule has 0 saturated heterocycles. The summed E-state index contributed by atoms with van der Waals surface area (Å²) in [4.78, 5) is 14.1. The summed E-state index contributed by atoms with van der Waals surface area (Å²) in [7, 11) is 0. The van der Waals surface area contributed by atoms with Crippen LogP contribution in [0.25, 0.3) is 0 Å². The Balaban J connectivity index is 2.25. The van der Waals surface area contributed by atoms with Crippen molar-refractivity contribution in [3.8, 4) is 5.75 Å². The topological polar surface area (TPSA) is 75.7 Å². The van der Waals surface area contributed by atoms with Gasteiger partial charge in [-0.2, -0.15) is 0 Å². The molecular weight excluding hydrogens is 232 g/mol. The number of phenolic OH excluding ortho intramolecular Hbond substituents is 1. The molecule has 18 heavy (non-hydrogen) atoms. The predicted molar refractivity (Wildman–Crippen MR) is 68.5 cm³/mol. The third-order valence-electron chi connectivity index (χ3n) is 2.33. The summed E-state index contributed by atoms with van der Waals surface area (Å²) in [6.07, 6.45) is 1.47. The van der Waals surface area contributed by atoms with Crippen LogP contribution in [0, 0.1) is 10.1 Å². The van der Waals surface area contributed by atoms with E-state index in [1.807, 2.05) is 30.3 Å². The number of benzene rings is 2. The minimum absolute atomic E-state index is 0.149. The summed E-state index contributed by atoms with van der Waals surface area (Å²) in [6, 6.07) is 13.1. The fraction of sp³-hybridized carbons (Fsp3) is 0. The molecule has 90 valence electrons. The highest BCUT2D eigenvalue weighted by Gasteiger charge is 2.08. The second-order valence-corrected chi connectivity index (χ2v) is 3.59. The summed E-state index contributed by atoms with van der Waals surface area (Å²) in [5.41, 5.74) is 1.03. The van der Waals surface area contributed by atoms with E-state index in [1.165, 1.54) is 18.3 Å². The smallest absolute Gasteiger partial charge is 0.273 e. The SMILES string of the molecule is O=[N+]([O-])c1ccc(C=Nc2ccccc2)c(O)c1. The van der Waals surface area contributed by atoms with Crippen molar-refractivity contribution in [2.45, 2.75) is 0 Å². The van der Waals surface area contributed by atoms with Gasteiger partial charge in [-0.05, 0) is 18.2 Å². The Labute approximate surface area is 103 Å². The first-order chi connectivity index (χ1) is 8.66. The van der Waals surface area contributed by atoms with Crippen LogP contribution in [0.1, 0.15) is 5.56 Å². The van der Waals surface area contributed by atoms with E-state index in [9.17, 15) is 15.2 Å². The predicted octanol–water partition coefficient (Wildman–Crippen LogP) is 3.05. The molecule has 0 unspecified atom stereocenters. The van der Waals surface area contributed by atoms with Gasteiger partial charge in [-0.15, -0.1) is 0 Å². The van der Waals surface area contributed by atoms with E-state index in [2.05, 4.69) is 4.99 Å². The van der Waals surface area contributed by atoms with Crippen molar-refractivity contribution >= 4 is 17.6 Å². The quantitative estimate of drug-likeness (QED) is 0.510. The average Bonchev–Trinajstić information content (AvgIpc) is 2.38. The number of nitro groups is 1. The fourth-order valence-electron chi connectivity index (χ4n) is 1.41. The zero-order chi connectivity index (χ0) is 13.0. The number of para-hydroxylation sites is 1. The Morgan fingerprint density at radius 1 is 1.17 bits per heavy atom. The lowest BCUT2D eigenvalue weighted by Gasteiger charge is -1.98. The normalized spacial score (nSPS) is 10.7. The molecule has 2 rings (SSSR count). The van der Waals surface area contributed by atoms with Crippen molar-refractivity contribution in [2.24, 2.45) is 4.99 Å². The second-order valence-electron chi connectivity index (χ2n) is 3.59. The minimum Gasteiger partial charge on any atom is -0.507 e. The maximum atomic E-state index is 10.5. The highest BCUT2D eigenvalue weighted by Crippen LogP contribution is 2.22. The lowest BCUT2D eigenvalue weighted by molar-refractivity contribution is -0.384. The first-order valence-electron chi connectivity index (χ1n) is 5.23. The van der Waals surface area contributed by atoms with Crippen molar-refractivity contribution < 1.29 is 10.0 Å². The molecule has 0 fully saturated rings. The largest absolute Gasteiger partial charge is 0.507 e. The first kappa shape index (κ1) is 11.8. The maximum absolute atomic E-state index is 10.5. The van der Waals surface area contributed by atoms with Gasteiger partial charge in [0.15, 0.2) is 0 Å². The van der Waals surface area contributed by atoms with E-state index in [0.29, 0.717) is 5.56 Å². The van der Waals surface area contributed by atoms with Crippen LogP contribution >= 0.6 is 0 Å². The summed E-state index contributed by atoms with van der Waals surface area (Å²) in [5, 5.41) is 20.1. The van der Waals surface area contributed by atoms with Crippen LogP contribution < -0.4 is 0 Å². The van der Waals surface area contributed by atoms with Crippen LogP contribution in [0.2, 0.25) is 0 Å². The highest BCUT2D eigenvalue weighted by molar-refractivity contribution is 5.85. The molecule has 1 N–H and O–H groups in total. The number of nitrogens with zero attached hydrogens (tertiary/aromatic N) is 2. The van der Waals surface area contributed by atoms with Crippen molar-refractivity contribution in [3.05, 3.63) is 64.2 Å². The van der Waals surface area contributed by atoms with Gasteiger partial charge in [0.25, 0.3) is 5.69 Å². The number of non-ortho nitro benzene ring substituents is 1. The first-order valence-corrected chi connectivity index (χ1v) is 5.23. The number of rotatable bonds is 3. The Kier molecular flexibility index (Phi) is 3.33. The van der Waals surface area contributed by atoms with Gasteiger partial charge in [-0.3, -0.25) is 15.1 Å². The van der Waals surface area contributed by atoms with Crippen molar-refractivity contribution in [3.63, 3.8) is 0 Å². The summed E-state index contributed by atoms with van der Waals surface area (Å²) < 4.78 is 0. The molecule has 0 aromatic heterocycles. The van der Waals surface area contributed by atoms with E-state index >= 15 is 0 Å².